The largest absolute Gasteiger partial charge is 0.376 e. The molecule has 9 nitrogen and oxygen atoms in total. The van der Waals surface area contributed by atoms with Crippen molar-refractivity contribution in [2.24, 2.45) is 124 Å². The molecule has 0 bridgehead atoms. The zero-order chi connectivity index (χ0) is 94.8. The van der Waals surface area contributed by atoms with Gasteiger partial charge in [-0.3, -0.25) is 0 Å². The van der Waals surface area contributed by atoms with Gasteiger partial charge in [0.1, 0.15) is 0 Å². The molecule has 130 heavy (non-hydrogen) atoms. The van der Waals surface area contributed by atoms with Crippen LogP contribution in [0.2, 0.25) is 0 Å². The lowest BCUT2D eigenvalue weighted by Gasteiger charge is -2.42. The van der Waals surface area contributed by atoms with E-state index in [2.05, 4.69) is 188 Å². The van der Waals surface area contributed by atoms with Crippen molar-refractivity contribution in [2.75, 3.05) is 106 Å². The van der Waals surface area contributed by atoms with Gasteiger partial charge in [0.15, 0.2) is 0 Å². The van der Waals surface area contributed by atoms with Crippen LogP contribution in [0.5, 0.6) is 0 Å². The average Bonchev–Trinajstić information content (AvgIpc) is 0.874. The van der Waals surface area contributed by atoms with E-state index in [9.17, 15) is 0 Å². The average molecular weight is 1840 g/mol. The maximum Gasteiger partial charge on any atom is 0.0812 e. The lowest BCUT2D eigenvalue weighted by molar-refractivity contribution is -0.0944. The topological polar surface area (TPSA) is 65.1 Å². The first kappa shape index (κ1) is 126. The number of rotatable bonds is 26. The maximum atomic E-state index is 5.46. The number of likely N-dealkylation sites (tertiary alicyclic amines) is 3. The first-order valence-electron chi connectivity index (χ1n) is 58.5. The van der Waals surface area contributed by atoms with Gasteiger partial charge in [0.2, 0.25) is 0 Å². The van der Waals surface area contributed by atoms with E-state index in [0.717, 1.165) is 197 Å². The van der Waals surface area contributed by atoms with Crippen molar-refractivity contribution in [1.82, 2.24) is 14.7 Å². The summed E-state index contributed by atoms with van der Waals surface area (Å²) in [5, 5.41) is 0. The van der Waals surface area contributed by atoms with Crippen molar-refractivity contribution in [3.05, 3.63) is 0 Å². The third-order valence-electron chi connectivity index (χ3n) is 30.8. The van der Waals surface area contributed by atoms with E-state index >= 15 is 0 Å². The van der Waals surface area contributed by atoms with Crippen molar-refractivity contribution < 1.29 is 28.4 Å². The molecule has 14 rings (SSSR count). The molecule has 8 aliphatic carbocycles. The van der Waals surface area contributed by atoms with Crippen molar-refractivity contribution in [3.8, 4) is 0 Å². The molecule has 778 valence electrons. The van der Waals surface area contributed by atoms with E-state index in [4.69, 9.17) is 28.4 Å². The molecule has 0 aromatic carbocycles. The van der Waals surface area contributed by atoms with Crippen LogP contribution in [0.1, 0.15) is 520 Å². The molecule has 0 amide bonds. The van der Waals surface area contributed by atoms with Gasteiger partial charge in [-0.15, -0.1) is 0 Å². The van der Waals surface area contributed by atoms with Crippen molar-refractivity contribution in [3.63, 3.8) is 0 Å². The Labute approximate surface area is 818 Å². The van der Waals surface area contributed by atoms with E-state index in [0.29, 0.717) is 36.1 Å². The van der Waals surface area contributed by atoms with Crippen LogP contribution in [0.4, 0.5) is 0 Å². The van der Waals surface area contributed by atoms with Crippen LogP contribution in [0.3, 0.4) is 0 Å². The van der Waals surface area contributed by atoms with E-state index < -0.39 is 0 Å². The Balaban J connectivity index is 0.000000482. The molecular weight excluding hydrogens is 1590 g/mol. The molecule has 1 unspecified atom stereocenters. The van der Waals surface area contributed by atoms with Crippen LogP contribution in [-0.2, 0) is 28.4 Å². The fourth-order valence-electron chi connectivity index (χ4n) is 24.0. The van der Waals surface area contributed by atoms with Crippen molar-refractivity contribution in [1.29, 1.82) is 0 Å². The highest BCUT2D eigenvalue weighted by atomic mass is 16.6. The van der Waals surface area contributed by atoms with Crippen molar-refractivity contribution >= 4 is 0 Å². The van der Waals surface area contributed by atoms with E-state index in [-0.39, 0.29) is 7.43 Å². The molecule has 0 spiro atoms. The minimum atomic E-state index is 0. The lowest BCUT2D eigenvalue weighted by atomic mass is 9.80. The first-order chi connectivity index (χ1) is 61.8. The molecule has 14 aliphatic rings. The quantitative estimate of drug-likeness (QED) is 0.0843. The van der Waals surface area contributed by atoms with E-state index in [1.165, 1.54) is 367 Å². The Kier molecular flexibility index (Phi) is 77.6. The number of hydrogen-bond donors (Lipinski definition) is 0. The number of piperidine rings is 3. The highest BCUT2D eigenvalue weighted by Gasteiger charge is 2.31. The van der Waals surface area contributed by atoms with Gasteiger partial charge < -0.3 is 43.1 Å². The summed E-state index contributed by atoms with van der Waals surface area (Å²) in [6.45, 7) is 70.6. The monoisotopic (exact) mass is 1830 g/mol. The second-order valence-electron chi connectivity index (χ2n) is 50.2. The van der Waals surface area contributed by atoms with Gasteiger partial charge in [-0.2, -0.15) is 0 Å². The van der Waals surface area contributed by atoms with Crippen LogP contribution in [0, 0.1) is 124 Å². The second kappa shape index (κ2) is 80.2. The van der Waals surface area contributed by atoms with Gasteiger partial charge in [-0.05, 0) is 312 Å². The van der Waals surface area contributed by atoms with Gasteiger partial charge in [-0.25, -0.2) is 0 Å². The predicted molar refractivity (Wildman–Crippen MR) is 575 cm³/mol. The van der Waals surface area contributed by atoms with Gasteiger partial charge in [-0.1, -0.05) is 379 Å². The molecule has 0 N–H and O–H groups in total. The Morgan fingerprint density at radius 1 is 0.185 bits per heavy atom. The minimum Gasteiger partial charge on any atom is -0.376 e. The smallest absolute Gasteiger partial charge is 0.0812 e. The van der Waals surface area contributed by atoms with Gasteiger partial charge in [0.05, 0.1) is 77.8 Å². The summed E-state index contributed by atoms with van der Waals surface area (Å²) in [6.07, 6.45) is 80.3. The summed E-state index contributed by atoms with van der Waals surface area (Å²) in [5.41, 5.74) is 0. The highest BCUT2D eigenvalue weighted by molar-refractivity contribution is 4.85. The van der Waals surface area contributed by atoms with E-state index in [1.807, 2.05) is 0 Å². The summed E-state index contributed by atoms with van der Waals surface area (Å²) in [5.74, 6) is 19.9. The number of nitrogens with zero attached hydrogens (tertiary/aromatic N) is 3. The molecule has 0 radical (unpaired) electrons. The van der Waals surface area contributed by atoms with Gasteiger partial charge >= 0.3 is 0 Å². The van der Waals surface area contributed by atoms with Gasteiger partial charge in [0.25, 0.3) is 0 Å². The highest BCUT2D eigenvalue weighted by Crippen LogP contribution is 2.37. The number of hydrogen-bond acceptors (Lipinski definition) is 9. The molecular formula is C121H243N3O6. The third kappa shape index (κ3) is 71.1. The normalized spacial score (nSPS) is 24.1. The fraction of sp³-hybridized carbons (Fsp3) is 1.00. The molecule has 6 heterocycles. The summed E-state index contributed by atoms with van der Waals surface area (Å²) < 4.78 is 32.2. The summed E-state index contributed by atoms with van der Waals surface area (Å²) in [6, 6.07) is 1.93. The Bertz CT molecular complexity index is 2040. The summed E-state index contributed by atoms with van der Waals surface area (Å²) in [4.78, 5) is 7.99. The maximum absolute atomic E-state index is 5.46. The van der Waals surface area contributed by atoms with E-state index in [1.54, 1.807) is 0 Å². The molecule has 0 aromatic rings. The molecule has 3 atom stereocenters. The molecule has 0 aromatic heterocycles. The van der Waals surface area contributed by atoms with Crippen LogP contribution in [-0.4, -0.2) is 151 Å². The zero-order valence-corrected chi connectivity index (χ0v) is 92.6. The Morgan fingerprint density at radius 2 is 0.346 bits per heavy atom. The molecule has 8 saturated carbocycles. The SMILES string of the molecule is C.CC(C)CC1CCC1.CC(C)CC1CCCCC1.CC(C)CC1CCCCC1.CC(C)CC1CCCCC1.CC(C)CC1CCCCC1.CC(C)CC1CCCCC1.CC(C)CC1CCN(C)CC1.CC(C)CC1CCN(C2CCC2)CC1.CC(C)CC1CCN(C2CCCCC2)CC1.CC(C)CC1COCCO1.CC(C)C[C@@H]1COCCO1.CC(C)C[C@H]1COCCO1. The molecule has 14 fully saturated rings. The van der Waals surface area contributed by atoms with Crippen molar-refractivity contribution in [2.45, 2.75) is 551 Å². The standard InChI is InChI=1S/C15H29N.C13H25N.C10H21N.5C10H20.3C8H16O2.C8H16.CH4/c1-13(2)12-14-8-10-16(11-9-14)15-6-4-3-5-7-15;1-11(2)10-12-6-8-14(9-7-12)13-4-3-5-13;1-9(2)8-10-4-6-11(3)7-5-10;5*1-9(2)8-10-6-4-3-5-7-10;3*1-7(2)5-8-6-9-3-4-10-8;1-7(2)6-8-4-3-5-8;/h13-15H,3-12H2,1-2H3;11-13H,3-10H2,1-2H3;9-10H,4-8H2,1-3H3;5*9-10H,3-8H2,1-2H3;3*7-8H,3-6H2,1-2H3;7-8H,3-6H2,1-2H3;1H4/t;;;;;;;;2*8-;;;/m........10.../s1. The van der Waals surface area contributed by atoms with Gasteiger partial charge in [0, 0.05) is 12.1 Å². The predicted octanol–water partition coefficient (Wildman–Crippen LogP) is 35.6. The summed E-state index contributed by atoms with van der Waals surface area (Å²) >= 11 is 0. The van der Waals surface area contributed by atoms with Crippen LogP contribution >= 0.6 is 0 Å². The fourth-order valence-corrected chi connectivity index (χ4v) is 24.0. The number of ether oxygens (including phenoxy) is 6. The van der Waals surface area contributed by atoms with Crippen LogP contribution in [0.25, 0.3) is 0 Å². The summed E-state index contributed by atoms with van der Waals surface area (Å²) in [7, 11) is 2.23. The third-order valence-corrected chi connectivity index (χ3v) is 30.8. The molecule has 6 saturated heterocycles. The Hall–Kier alpha value is -0.360. The lowest BCUT2D eigenvalue weighted by Crippen LogP contribution is -2.44. The minimum absolute atomic E-state index is 0. The molecule has 6 aliphatic heterocycles. The zero-order valence-electron chi connectivity index (χ0n) is 92.6. The molecule has 9 heteroatoms. The first-order valence-corrected chi connectivity index (χ1v) is 58.5. The van der Waals surface area contributed by atoms with Crippen LogP contribution in [0.15, 0.2) is 0 Å². The Morgan fingerprint density at radius 3 is 0.500 bits per heavy atom. The second-order valence-corrected chi connectivity index (χ2v) is 50.2. The van der Waals surface area contributed by atoms with Crippen LogP contribution < -0.4 is 0 Å².